The van der Waals surface area contributed by atoms with Crippen LogP contribution in [0.1, 0.15) is 20.3 Å². The Balaban J connectivity index is 2.05. The average molecular weight is 609 g/mol. The van der Waals surface area contributed by atoms with Crippen molar-refractivity contribution in [2.45, 2.75) is 106 Å². The van der Waals surface area contributed by atoms with E-state index in [1.807, 2.05) is 0 Å². The highest BCUT2D eigenvalue weighted by molar-refractivity contribution is 7.46. The Bertz CT molecular complexity index is 907. The van der Waals surface area contributed by atoms with E-state index < -0.39 is 113 Å². The van der Waals surface area contributed by atoms with E-state index in [1.165, 1.54) is 6.92 Å². The molecule has 3 fully saturated rings. The molecule has 0 saturated carbocycles. The molecule has 0 aromatic carbocycles. The van der Waals surface area contributed by atoms with Crippen LogP contribution in [-0.4, -0.2) is 155 Å². The van der Waals surface area contributed by atoms with E-state index in [0.29, 0.717) is 0 Å². The van der Waals surface area contributed by atoms with Gasteiger partial charge in [0.25, 0.3) is 0 Å². The number of carbonyl (C=O) groups excluding carboxylic acids is 1. The van der Waals surface area contributed by atoms with Gasteiger partial charge in [-0.1, -0.05) is 0 Å². The van der Waals surface area contributed by atoms with Crippen molar-refractivity contribution in [3.05, 3.63) is 0 Å². The number of hydrogen-bond acceptors (Lipinski definition) is 16. The van der Waals surface area contributed by atoms with Crippen molar-refractivity contribution < 1.29 is 88.2 Å². The molecule has 0 radical (unpaired) electrons. The van der Waals surface area contributed by atoms with Crippen LogP contribution >= 0.6 is 7.82 Å². The Kier molecular flexibility index (Phi) is 11.0. The van der Waals surface area contributed by atoms with Gasteiger partial charge in [0.2, 0.25) is 5.91 Å². The summed E-state index contributed by atoms with van der Waals surface area (Å²) in [6.45, 7) is 0.578. The molecule has 0 aromatic heterocycles. The predicted molar refractivity (Wildman–Crippen MR) is 122 cm³/mol. The highest BCUT2D eigenvalue weighted by Crippen LogP contribution is 2.48. The van der Waals surface area contributed by atoms with Crippen LogP contribution < -0.4 is 5.32 Å². The lowest BCUT2D eigenvalue weighted by Crippen LogP contribution is -2.71. The Labute approximate surface area is 227 Å². The first-order valence-electron chi connectivity index (χ1n) is 12.2. The van der Waals surface area contributed by atoms with Crippen molar-refractivity contribution >= 4 is 13.7 Å². The second kappa shape index (κ2) is 13.1. The van der Waals surface area contributed by atoms with Crippen molar-refractivity contribution in [1.29, 1.82) is 0 Å². The summed E-state index contributed by atoms with van der Waals surface area (Å²) in [5, 5.41) is 82.9. The van der Waals surface area contributed by atoms with Gasteiger partial charge < -0.3 is 74.9 Å². The van der Waals surface area contributed by atoms with Crippen molar-refractivity contribution in [3.63, 3.8) is 0 Å². The van der Waals surface area contributed by atoms with E-state index >= 15 is 0 Å². The Morgan fingerprint density at radius 3 is 2.08 bits per heavy atom. The van der Waals surface area contributed by atoms with Gasteiger partial charge in [-0.3, -0.25) is 9.53 Å². The molecule has 0 aromatic rings. The quantitative estimate of drug-likeness (QED) is 0.0856. The molecule has 0 unspecified atom stereocenters. The summed E-state index contributed by atoms with van der Waals surface area (Å²) in [5.41, 5.74) is 0. The number of amides is 1. The molecule has 3 heterocycles. The van der Waals surface area contributed by atoms with Crippen LogP contribution in [0.5, 0.6) is 0 Å². The number of phosphoric acid groups is 1. The zero-order valence-corrected chi connectivity index (χ0v) is 22.2. The fourth-order valence-electron chi connectivity index (χ4n) is 4.61. The number of carbonyl (C=O) groups is 1. The van der Waals surface area contributed by atoms with Crippen LogP contribution in [0.25, 0.3) is 0 Å². The number of nitrogens with one attached hydrogen (secondary N) is 1. The Morgan fingerprint density at radius 1 is 0.925 bits per heavy atom. The minimum atomic E-state index is -5.65. The Morgan fingerprint density at radius 2 is 1.52 bits per heavy atom. The average Bonchev–Trinajstić information content (AvgIpc) is 2.86. The molecular formula is C20H36NO18P. The lowest BCUT2D eigenvalue weighted by Gasteiger charge is -2.51. The number of rotatable bonds is 9. The highest BCUT2D eigenvalue weighted by atomic mass is 31.2. The number of phosphoric ester groups is 1. The summed E-state index contributed by atoms with van der Waals surface area (Å²) < 4.78 is 44.4. The van der Waals surface area contributed by atoms with Gasteiger partial charge in [-0.2, -0.15) is 0 Å². The smallest absolute Gasteiger partial charge is 0.394 e. The minimum Gasteiger partial charge on any atom is -0.394 e. The van der Waals surface area contributed by atoms with E-state index in [0.717, 1.165) is 6.92 Å². The molecule has 3 rings (SSSR count). The maximum absolute atomic E-state index is 12.2. The van der Waals surface area contributed by atoms with Crippen LogP contribution in [-0.2, 0) is 37.6 Å². The van der Waals surface area contributed by atoms with Gasteiger partial charge in [-0.05, 0) is 6.92 Å². The summed E-state index contributed by atoms with van der Waals surface area (Å²) in [4.78, 5) is 31.7. The summed E-state index contributed by atoms with van der Waals surface area (Å²) in [7, 11) is -5.65. The normalized spacial score (nSPS) is 46.6. The largest absolute Gasteiger partial charge is 0.474 e. The van der Waals surface area contributed by atoms with Crippen molar-refractivity contribution in [3.8, 4) is 0 Å². The zero-order chi connectivity index (χ0) is 30.2. The van der Waals surface area contributed by atoms with Crippen LogP contribution in [0.15, 0.2) is 0 Å². The third-order valence-electron chi connectivity index (χ3n) is 6.63. The summed E-state index contributed by atoms with van der Waals surface area (Å²) in [6, 6.07) is -1.91. The van der Waals surface area contributed by atoms with Gasteiger partial charge in [0.15, 0.2) is 12.6 Å². The van der Waals surface area contributed by atoms with E-state index in [9.17, 15) is 60.0 Å². The van der Waals surface area contributed by atoms with E-state index in [-0.39, 0.29) is 6.42 Å². The third kappa shape index (κ3) is 7.33. The van der Waals surface area contributed by atoms with E-state index in [1.54, 1.807) is 0 Å². The molecule has 0 spiro atoms. The van der Waals surface area contributed by atoms with Crippen LogP contribution in [0, 0.1) is 0 Å². The molecule has 0 aliphatic carbocycles. The minimum absolute atomic E-state index is 0.370. The molecule has 40 heavy (non-hydrogen) atoms. The second-order valence-corrected chi connectivity index (χ2v) is 10.9. The molecule has 3 aliphatic rings. The third-order valence-corrected chi connectivity index (χ3v) is 7.13. The monoisotopic (exact) mass is 609 g/mol. The molecule has 1 amide bonds. The summed E-state index contributed by atoms with van der Waals surface area (Å²) >= 11 is 0. The standard InChI is InChI=1S/C20H36NO18P/c1-6-11(25)13(27)15(29)18(34-6)35-9-3-8(4-22)37-20(39-40(31,32)33,17(9)21-7(2)24)38-19-16(30)14(28)12(26)10(5-23)36-19/h6,8-19,22-23,25-30H,3-5H2,1-2H3,(H,21,24)(H2,31,32,33)/t6-,8-,9-,10+,11+,12-,13+,14-,15-,16+,17+,18-,19-,20+/m0/s1. The van der Waals surface area contributed by atoms with Crippen molar-refractivity contribution in [1.82, 2.24) is 5.32 Å². The zero-order valence-electron chi connectivity index (χ0n) is 21.3. The van der Waals surface area contributed by atoms with Crippen LogP contribution in [0.2, 0.25) is 0 Å². The Hall–Kier alpha value is -0.940. The van der Waals surface area contributed by atoms with Crippen molar-refractivity contribution in [2.75, 3.05) is 13.2 Å². The molecule has 234 valence electrons. The molecule has 11 N–H and O–H groups in total. The first-order chi connectivity index (χ1) is 18.5. The first kappa shape index (κ1) is 33.6. The lowest BCUT2D eigenvalue weighted by atomic mass is 9.96. The first-order valence-corrected chi connectivity index (χ1v) is 13.7. The van der Waals surface area contributed by atoms with E-state index in [2.05, 4.69) is 5.32 Å². The van der Waals surface area contributed by atoms with Gasteiger partial charge in [-0.15, -0.1) is 0 Å². The molecule has 20 heteroatoms. The van der Waals surface area contributed by atoms with Crippen LogP contribution in [0.4, 0.5) is 0 Å². The fraction of sp³-hybridized carbons (Fsp3) is 0.950. The maximum atomic E-state index is 12.2. The maximum Gasteiger partial charge on any atom is 0.474 e. The number of ether oxygens (including phenoxy) is 5. The number of hydrogen-bond donors (Lipinski definition) is 11. The fourth-order valence-corrected chi connectivity index (χ4v) is 5.15. The molecular weight excluding hydrogens is 573 g/mol. The molecule has 14 atom stereocenters. The molecule has 19 nitrogen and oxygen atoms in total. The van der Waals surface area contributed by atoms with Crippen LogP contribution in [0.3, 0.4) is 0 Å². The predicted octanol–water partition coefficient (Wildman–Crippen LogP) is -5.94. The van der Waals surface area contributed by atoms with E-state index in [4.69, 9.17) is 28.2 Å². The number of aliphatic hydroxyl groups excluding tert-OH is 8. The summed E-state index contributed by atoms with van der Waals surface area (Å²) in [5.74, 6) is -4.03. The lowest BCUT2D eigenvalue weighted by molar-refractivity contribution is -0.461. The summed E-state index contributed by atoms with van der Waals surface area (Å²) in [6.07, 6.45) is -20.9. The van der Waals surface area contributed by atoms with Crippen molar-refractivity contribution in [2.24, 2.45) is 0 Å². The van der Waals surface area contributed by atoms with Gasteiger partial charge >= 0.3 is 13.8 Å². The highest BCUT2D eigenvalue weighted by Gasteiger charge is 2.61. The van der Waals surface area contributed by atoms with Gasteiger partial charge in [-0.25, -0.2) is 9.09 Å². The van der Waals surface area contributed by atoms with Gasteiger partial charge in [0, 0.05) is 13.3 Å². The van der Waals surface area contributed by atoms with Gasteiger partial charge in [0.1, 0.15) is 48.8 Å². The molecule has 0 bridgehead atoms. The number of aliphatic hydroxyl groups is 8. The topological polar surface area (TPSA) is 304 Å². The van der Waals surface area contributed by atoms with Gasteiger partial charge in [0.05, 0.1) is 31.5 Å². The second-order valence-electron chi connectivity index (χ2n) is 9.69. The SMILES string of the molecule is CC(=O)N[C@@H]1[C@@H](O[C@@H]2O[C@@H](C)[C@@H](O)[C@@H](O)[C@@H]2O)C[C@@H](CO)O[C@]1(O[C@@H]1O[C@H](CO)[C@H](O)[C@H](O)[C@H]1O)OP(=O)(O)O. The molecule has 3 aliphatic heterocycles. The molecule has 3 saturated heterocycles.